The fourth-order valence-corrected chi connectivity index (χ4v) is 2.17. The minimum atomic E-state index is -0.709. The summed E-state index contributed by atoms with van der Waals surface area (Å²) in [5, 5.41) is 8.88. The van der Waals surface area contributed by atoms with E-state index in [1.807, 2.05) is 6.92 Å². The molecule has 1 saturated carbocycles. The van der Waals surface area contributed by atoms with Crippen LogP contribution in [0.4, 0.5) is 0 Å². The molecule has 1 atom stereocenters. The minimum absolute atomic E-state index is 0.286. The van der Waals surface area contributed by atoms with Crippen LogP contribution in [0.15, 0.2) is 0 Å². The summed E-state index contributed by atoms with van der Waals surface area (Å²) in [6, 6.07) is 0.517. The van der Waals surface area contributed by atoms with Crippen molar-refractivity contribution in [3.63, 3.8) is 0 Å². The highest BCUT2D eigenvalue weighted by atomic mass is 16.5. The summed E-state index contributed by atoms with van der Waals surface area (Å²) in [5.41, 5.74) is 0. The van der Waals surface area contributed by atoms with Gasteiger partial charge >= 0.3 is 5.97 Å². The van der Waals surface area contributed by atoms with Crippen molar-refractivity contribution in [2.75, 3.05) is 19.7 Å². The van der Waals surface area contributed by atoms with Gasteiger partial charge in [-0.15, -0.1) is 0 Å². The highest BCUT2D eigenvalue weighted by Gasteiger charge is 2.34. The molecule has 0 aromatic heterocycles. The first-order valence-corrected chi connectivity index (χ1v) is 6.16. The van der Waals surface area contributed by atoms with E-state index in [1.54, 1.807) is 6.92 Å². The molecule has 0 aromatic carbocycles. The van der Waals surface area contributed by atoms with E-state index in [9.17, 15) is 4.79 Å². The van der Waals surface area contributed by atoms with E-state index in [0.717, 1.165) is 26.0 Å². The first-order chi connectivity index (χ1) is 7.58. The summed E-state index contributed by atoms with van der Waals surface area (Å²) in [6.45, 7) is 8.20. The lowest BCUT2D eigenvalue weighted by atomic mass is 9.87. The van der Waals surface area contributed by atoms with Crippen LogP contribution in [0.2, 0.25) is 0 Å². The average Bonchev–Trinajstić information content (AvgIpc) is 2.19. The van der Waals surface area contributed by atoms with Crippen LogP contribution in [0.25, 0.3) is 0 Å². The lowest BCUT2D eigenvalue weighted by Crippen LogP contribution is -2.50. The fourth-order valence-electron chi connectivity index (χ4n) is 2.17. The molecule has 1 aliphatic carbocycles. The van der Waals surface area contributed by atoms with Crippen molar-refractivity contribution in [2.45, 2.75) is 45.8 Å². The normalized spacial score (nSPS) is 26.5. The Hall–Kier alpha value is -0.610. The highest BCUT2D eigenvalue weighted by Crippen LogP contribution is 2.28. The number of aliphatic carboxylic acids is 1. The zero-order chi connectivity index (χ0) is 12.1. The molecular formula is C12H23NO3. The molecule has 0 amide bonds. The Morgan fingerprint density at radius 3 is 2.56 bits per heavy atom. The largest absolute Gasteiger partial charge is 0.481 e. The maximum absolute atomic E-state index is 10.8. The van der Waals surface area contributed by atoms with Crippen molar-refractivity contribution in [1.82, 2.24) is 4.90 Å². The number of rotatable bonds is 7. The lowest BCUT2D eigenvalue weighted by Gasteiger charge is -2.42. The van der Waals surface area contributed by atoms with E-state index < -0.39 is 5.97 Å². The molecule has 1 fully saturated rings. The molecule has 0 heterocycles. The number of nitrogens with zero attached hydrogens (tertiary/aromatic N) is 1. The van der Waals surface area contributed by atoms with Crippen molar-refractivity contribution in [1.29, 1.82) is 0 Å². The van der Waals surface area contributed by atoms with Gasteiger partial charge in [0.2, 0.25) is 0 Å². The molecule has 16 heavy (non-hydrogen) atoms. The lowest BCUT2D eigenvalue weighted by molar-refractivity contribution is -0.142. The van der Waals surface area contributed by atoms with Gasteiger partial charge in [-0.25, -0.2) is 0 Å². The van der Waals surface area contributed by atoms with E-state index in [1.165, 1.54) is 0 Å². The molecule has 0 radical (unpaired) electrons. The number of carboxylic acids is 1. The van der Waals surface area contributed by atoms with Crippen LogP contribution in [0, 0.1) is 5.92 Å². The molecule has 0 aliphatic heterocycles. The quantitative estimate of drug-likeness (QED) is 0.720. The van der Waals surface area contributed by atoms with E-state index in [2.05, 4.69) is 11.8 Å². The van der Waals surface area contributed by atoms with Crippen molar-refractivity contribution in [2.24, 2.45) is 5.92 Å². The second kappa shape index (κ2) is 6.21. The number of ether oxygens (including phenoxy) is 1. The Labute approximate surface area is 97.6 Å². The van der Waals surface area contributed by atoms with E-state index in [0.29, 0.717) is 18.7 Å². The maximum atomic E-state index is 10.8. The van der Waals surface area contributed by atoms with Crippen LogP contribution < -0.4 is 0 Å². The standard InChI is InChI=1S/C12H23NO3/c1-4-13(8-9(3)12(14)15)10-6-11(7-10)16-5-2/h9-11H,4-8H2,1-3H3,(H,14,15). The van der Waals surface area contributed by atoms with Crippen LogP contribution in [0.1, 0.15) is 33.6 Å². The Balaban J connectivity index is 2.31. The Bertz CT molecular complexity index is 226. The third kappa shape index (κ3) is 3.46. The van der Waals surface area contributed by atoms with Gasteiger partial charge in [0.05, 0.1) is 12.0 Å². The molecule has 0 aromatic rings. The molecule has 1 N–H and O–H groups in total. The molecule has 1 rings (SSSR count). The van der Waals surface area contributed by atoms with Crippen molar-refractivity contribution in [3.05, 3.63) is 0 Å². The molecule has 4 nitrogen and oxygen atoms in total. The molecule has 1 unspecified atom stereocenters. The van der Waals surface area contributed by atoms with Gasteiger partial charge in [-0.3, -0.25) is 9.69 Å². The van der Waals surface area contributed by atoms with E-state index in [-0.39, 0.29) is 5.92 Å². The Morgan fingerprint density at radius 2 is 2.12 bits per heavy atom. The van der Waals surface area contributed by atoms with Gasteiger partial charge in [0.15, 0.2) is 0 Å². The second-order valence-electron chi connectivity index (χ2n) is 4.53. The molecule has 94 valence electrons. The van der Waals surface area contributed by atoms with Crippen molar-refractivity contribution < 1.29 is 14.6 Å². The number of hydrogen-bond acceptors (Lipinski definition) is 3. The zero-order valence-corrected chi connectivity index (χ0v) is 10.5. The summed E-state index contributed by atoms with van der Waals surface area (Å²) in [4.78, 5) is 13.1. The average molecular weight is 229 g/mol. The molecule has 0 saturated heterocycles. The van der Waals surface area contributed by atoms with Gasteiger partial charge in [0, 0.05) is 19.2 Å². The third-order valence-corrected chi connectivity index (χ3v) is 3.32. The minimum Gasteiger partial charge on any atom is -0.481 e. The maximum Gasteiger partial charge on any atom is 0.307 e. The summed E-state index contributed by atoms with van der Waals surface area (Å²) < 4.78 is 5.51. The third-order valence-electron chi connectivity index (χ3n) is 3.32. The molecule has 0 bridgehead atoms. The first-order valence-electron chi connectivity index (χ1n) is 6.16. The fraction of sp³-hybridized carbons (Fsp3) is 0.917. The van der Waals surface area contributed by atoms with Crippen LogP contribution >= 0.6 is 0 Å². The Kier molecular flexibility index (Phi) is 5.22. The topological polar surface area (TPSA) is 49.8 Å². The predicted molar refractivity (Wildman–Crippen MR) is 62.5 cm³/mol. The highest BCUT2D eigenvalue weighted by molar-refractivity contribution is 5.69. The van der Waals surface area contributed by atoms with Crippen LogP contribution in [-0.4, -0.2) is 47.8 Å². The van der Waals surface area contributed by atoms with Gasteiger partial charge in [0.1, 0.15) is 0 Å². The zero-order valence-electron chi connectivity index (χ0n) is 10.5. The Morgan fingerprint density at radius 1 is 1.50 bits per heavy atom. The van der Waals surface area contributed by atoms with Gasteiger partial charge in [0.25, 0.3) is 0 Å². The predicted octanol–water partition coefficient (Wildman–Crippen LogP) is 1.60. The van der Waals surface area contributed by atoms with Crippen molar-refractivity contribution >= 4 is 5.97 Å². The van der Waals surface area contributed by atoms with E-state index in [4.69, 9.17) is 9.84 Å². The smallest absolute Gasteiger partial charge is 0.307 e. The van der Waals surface area contributed by atoms with Crippen molar-refractivity contribution in [3.8, 4) is 0 Å². The summed E-state index contributed by atoms with van der Waals surface area (Å²) in [7, 11) is 0. The SMILES string of the molecule is CCOC1CC(N(CC)CC(C)C(=O)O)C1. The summed E-state index contributed by atoms with van der Waals surface area (Å²) in [6.07, 6.45) is 2.49. The van der Waals surface area contributed by atoms with Crippen LogP contribution in [0.5, 0.6) is 0 Å². The number of hydrogen-bond donors (Lipinski definition) is 1. The first kappa shape index (κ1) is 13.5. The molecular weight excluding hydrogens is 206 g/mol. The van der Waals surface area contributed by atoms with E-state index >= 15 is 0 Å². The van der Waals surface area contributed by atoms with Gasteiger partial charge in [-0.1, -0.05) is 13.8 Å². The second-order valence-corrected chi connectivity index (χ2v) is 4.53. The van der Waals surface area contributed by atoms with Gasteiger partial charge < -0.3 is 9.84 Å². The molecule has 0 spiro atoms. The number of carbonyl (C=O) groups is 1. The molecule has 4 heteroatoms. The van der Waals surface area contributed by atoms with Gasteiger partial charge in [-0.05, 0) is 26.3 Å². The summed E-state index contributed by atoms with van der Waals surface area (Å²) in [5.74, 6) is -0.995. The van der Waals surface area contributed by atoms with Crippen LogP contribution in [0.3, 0.4) is 0 Å². The van der Waals surface area contributed by atoms with Crippen LogP contribution in [-0.2, 0) is 9.53 Å². The molecule has 1 aliphatic rings. The summed E-state index contributed by atoms with van der Waals surface area (Å²) >= 11 is 0. The monoisotopic (exact) mass is 229 g/mol. The number of carboxylic acid groups (broad SMARTS) is 1. The van der Waals surface area contributed by atoms with Gasteiger partial charge in [-0.2, -0.15) is 0 Å².